The van der Waals surface area contributed by atoms with Crippen molar-refractivity contribution < 1.29 is 63.9 Å². The first kappa shape index (κ1) is 49.3. The fraction of sp³-hybridized carbons (Fsp3) is 0.976. The minimum absolute atomic E-state index is 0.115. The molecule has 15 heteroatoms. The molecule has 1 unspecified atom stereocenters. The van der Waals surface area contributed by atoms with E-state index < -0.39 is 102 Å². The number of carbonyl (C=O) groups excluding carboxylic acids is 1. The second-order valence-electron chi connectivity index (χ2n) is 18.3. The fourth-order valence-corrected chi connectivity index (χ4v) is 9.22. The Kier molecular flexibility index (Phi) is 17.6. The smallest absolute Gasteiger partial charge is 0.311 e. The molecule has 0 bridgehead atoms. The van der Waals surface area contributed by atoms with Gasteiger partial charge in [0, 0.05) is 44.6 Å². The number of aliphatic hydroxyl groups is 6. The van der Waals surface area contributed by atoms with Crippen LogP contribution in [0.5, 0.6) is 0 Å². The van der Waals surface area contributed by atoms with E-state index in [1.54, 1.807) is 48.5 Å². The zero-order valence-electron chi connectivity index (χ0n) is 36.6. The van der Waals surface area contributed by atoms with Crippen molar-refractivity contribution in [2.45, 2.75) is 205 Å². The second-order valence-corrected chi connectivity index (χ2v) is 18.3. The summed E-state index contributed by atoms with van der Waals surface area (Å²) in [5.74, 6) is -2.69. The Labute approximate surface area is 335 Å². The van der Waals surface area contributed by atoms with Gasteiger partial charge in [0.15, 0.2) is 12.6 Å². The van der Waals surface area contributed by atoms with E-state index >= 15 is 0 Å². The number of aliphatic hydroxyl groups excluding tert-OH is 4. The van der Waals surface area contributed by atoms with Crippen molar-refractivity contribution >= 4 is 5.97 Å². The van der Waals surface area contributed by atoms with Gasteiger partial charge in [-0.2, -0.15) is 0 Å². The van der Waals surface area contributed by atoms with Crippen LogP contribution in [0, 0.1) is 17.8 Å². The summed E-state index contributed by atoms with van der Waals surface area (Å²) >= 11 is 0. The van der Waals surface area contributed by atoms with Gasteiger partial charge in [0.1, 0.15) is 30.0 Å². The van der Waals surface area contributed by atoms with Gasteiger partial charge in [-0.25, -0.2) is 0 Å². The third-order valence-electron chi connectivity index (χ3n) is 13.0. The number of cyclic esters (lactones) is 1. The van der Waals surface area contributed by atoms with Crippen molar-refractivity contribution in [1.82, 2.24) is 9.80 Å². The van der Waals surface area contributed by atoms with Crippen molar-refractivity contribution in [2.24, 2.45) is 17.8 Å². The topological polar surface area (TPSA) is 200 Å². The third kappa shape index (κ3) is 11.6. The van der Waals surface area contributed by atoms with E-state index in [1.165, 1.54) is 14.0 Å². The van der Waals surface area contributed by atoms with E-state index in [0.717, 1.165) is 0 Å². The summed E-state index contributed by atoms with van der Waals surface area (Å²) in [5, 5.41) is 68.7. The molecule has 0 spiro atoms. The summed E-state index contributed by atoms with van der Waals surface area (Å²) in [6, 6.07) is -0.929. The van der Waals surface area contributed by atoms with E-state index in [0.29, 0.717) is 25.9 Å². The maximum atomic E-state index is 14.3. The molecule has 19 atom stereocenters. The summed E-state index contributed by atoms with van der Waals surface area (Å²) in [6.45, 7) is 20.2. The first-order valence-corrected chi connectivity index (χ1v) is 20.8. The minimum Gasteiger partial charge on any atom is -0.459 e. The highest BCUT2D eigenvalue weighted by atomic mass is 16.7. The largest absolute Gasteiger partial charge is 0.459 e. The van der Waals surface area contributed by atoms with Crippen LogP contribution >= 0.6 is 0 Å². The summed E-state index contributed by atoms with van der Waals surface area (Å²) in [4.78, 5) is 18.2. The van der Waals surface area contributed by atoms with Crippen LogP contribution < -0.4 is 0 Å². The van der Waals surface area contributed by atoms with E-state index in [4.69, 9.17) is 28.4 Å². The van der Waals surface area contributed by atoms with Crippen molar-refractivity contribution in [3.8, 4) is 0 Å². The lowest BCUT2D eigenvalue weighted by atomic mass is 9.77. The Bertz CT molecular complexity index is 1230. The summed E-state index contributed by atoms with van der Waals surface area (Å²) in [7, 11) is 5.22. The molecule has 3 aliphatic rings. The van der Waals surface area contributed by atoms with Gasteiger partial charge < -0.3 is 68.9 Å². The Morgan fingerprint density at radius 2 is 1.61 bits per heavy atom. The molecule has 3 fully saturated rings. The Balaban J connectivity index is 2.16. The lowest BCUT2D eigenvalue weighted by molar-refractivity contribution is -0.318. The molecule has 0 aromatic rings. The SMILES string of the molecule is CC[C@H]1OC(=O)[C@H](C)[C@@H](O[C@H]2C[C@@](C)(OC)[C@@H](O)[C@H](C)O2)[C@H](C)[C@@H](O[C@@H]2O[C@H](C)C[C@H](N(C)CCC(C)O)[C@H]2O)[C@](C)(O)C[C@@H](C)CN(C)[C@H](C)[C@@H](O)[C@]1(C)O. The number of ether oxygens (including phenoxy) is 6. The van der Waals surface area contributed by atoms with Crippen LogP contribution in [0.15, 0.2) is 0 Å². The predicted octanol–water partition coefficient (Wildman–Crippen LogP) is 2.04. The molecule has 0 saturated carbocycles. The number of esters is 1. The number of carbonyl (C=O) groups is 1. The van der Waals surface area contributed by atoms with Gasteiger partial charge in [0.2, 0.25) is 0 Å². The molecule has 0 amide bonds. The van der Waals surface area contributed by atoms with E-state index in [2.05, 4.69) is 0 Å². The highest BCUT2D eigenvalue weighted by molar-refractivity contribution is 5.73. The average Bonchev–Trinajstić information content (AvgIpc) is 3.11. The van der Waals surface area contributed by atoms with E-state index in [9.17, 15) is 35.4 Å². The summed E-state index contributed by atoms with van der Waals surface area (Å²) < 4.78 is 37.8. The molecule has 0 aromatic heterocycles. The highest BCUT2D eigenvalue weighted by Crippen LogP contribution is 2.40. The van der Waals surface area contributed by atoms with E-state index in [1.807, 2.05) is 44.7 Å². The molecular weight excluding hydrogens is 728 g/mol. The molecule has 15 nitrogen and oxygen atoms in total. The molecule has 6 N–H and O–H groups in total. The third-order valence-corrected chi connectivity index (χ3v) is 13.0. The Hall–Kier alpha value is -1.05. The normalized spacial score (nSPS) is 47.5. The van der Waals surface area contributed by atoms with Gasteiger partial charge in [-0.1, -0.05) is 20.8 Å². The van der Waals surface area contributed by atoms with Crippen molar-refractivity contribution in [3.63, 3.8) is 0 Å². The standard InChI is InChI=1S/C41H78N2O13/c1-15-30-41(11,50)34(46)27(7)43(13)21-22(2)19-39(9,49)36(56-38-32(45)29(18-24(4)52-38)42(12)17-16-23(3)44)25(5)33(26(6)37(48)54-30)55-31-20-40(10,51-14)35(47)28(8)53-31/h22-36,38,44-47,49-50H,15-21H2,1-14H3/t22-,23?,24-,25+,26-,27-,28+,29+,30-,31+,32-,33+,34-,35+,36-,38+,39-,40-,41-/m1/s1. The van der Waals surface area contributed by atoms with Crippen LogP contribution in [-0.2, 0) is 33.2 Å². The highest BCUT2D eigenvalue weighted by Gasteiger charge is 2.52. The molecule has 330 valence electrons. The van der Waals surface area contributed by atoms with Crippen molar-refractivity contribution in [1.29, 1.82) is 0 Å². The van der Waals surface area contributed by atoms with Crippen LogP contribution in [0.4, 0.5) is 0 Å². The molecule has 3 rings (SSSR count). The van der Waals surface area contributed by atoms with Gasteiger partial charge in [-0.15, -0.1) is 0 Å². The number of hydrogen-bond donors (Lipinski definition) is 6. The maximum absolute atomic E-state index is 14.3. The molecule has 3 saturated heterocycles. The lowest BCUT2D eigenvalue weighted by Gasteiger charge is -2.49. The average molecular weight is 807 g/mol. The van der Waals surface area contributed by atoms with E-state index in [-0.39, 0.29) is 37.3 Å². The molecule has 0 radical (unpaired) electrons. The molecule has 0 aliphatic carbocycles. The zero-order valence-corrected chi connectivity index (χ0v) is 36.6. The second kappa shape index (κ2) is 20.0. The Morgan fingerprint density at radius 1 is 0.982 bits per heavy atom. The monoisotopic (exact) mass is 807 g/mol. The predicted molar refractivity (Wildman–Crippen MR) is 209 cm³/mol. The Morgan fingerprint density at radius 3 is 2.18 bits per heavy atom. The van der Waals surface area contributed by atoms with Gasteiger partial charge >= 0.3 is 5.97 Å². The summed E-state index contributed by atoms with van der Waals surface area (Å²) in [5.41, 5.74) is -4.45. The molecular formula is C41H78N2O13. The lowest BCUT2D eigenvalue weighted by Crippen LogP contribution is -2.61. The van der Waals surface area contributed by atoms with Gasteiger partial charge in [0.25, 0.3) is 0 Å². The molecule has 56 heavy (non-hydrogen) atoms. The van der Waals surface area contributed by atoms with Gasteiger partial charge in [0.05, 0.1) is 47.6 Å². The van der Waals surface area contributed by atoms with Crippen molar-refractivity contribution in [2.75, 3.05) is 34.3 Å². The van der Waals surface area contributed by atoms with Gasteiger partial charge in [-0.05, 0) is 101 Å². The number of rotatable bonds is 10. The number of nitrogens with zero attached hydrogens (tertiary/aromatic N) is 2. The van der Waals surface area contributed by atoms with Crippen LogP contribution in [-0.4, -0.2) is 177 Å². The number of likely N-dealkylation sites (N-methyl/N-ethyl adjacent to an activating group) is 2. The van der Waals surface area contributed by atoms with Gasteiger partial charge in [-0.3, -0.25) is 4.79 Å². The molecule has 3 heterocycles. The van der Waals surface area contributed by atoms with Crippen LogP contribution in [0.3, 0.4) is 0 Å². The fourth-order valence-electron chi connectivity index (χ4n) is 9.22. The zero-order chi connectivity index (χ0) is 42.7. The van der Waals surface area contributed by atoms with Crippen molar-refractivity contribution in [3.05, 3.63) is 0 Å². The van der Waals surface area contributed by atoms with Crippen LogP contribution in [0.1, 0.15) is 108 Å². The number of methoxy groups -OCH3 is 1. The molecule has 3 aliphatic heterocycles. The van der Waals surface area contributed by atoms with Crippen LogP contribution in [0.25, 0.3) is 0 Å². The van der Waals surface area contributed by atoms with Crippen LogP contribution in [0.2, 0.25) is 0 Å². The maximum Gasteiger partial charge on any atom is 0.311 e. The first-order valence-electron chi connectivity index (χ1n) is 20.8. The number of hydrogen-bond acceptors (Lipinski definition) is 15. The minimum atomic E-state index is -1.82. The molecule has 0 aromatic carbocycles. The first-order chi connectivity index (χ1) is 25.8. The quantitative estimate of drug-likeness (QED) is 0.175. The summed E-state index contributed by atoms with van der Waals surface area (Å²) in [6.07, 6.45) is -8.71.